The lowest BCUT2D eigenvalue weighted by molar-refractivity contribution is 0.167. The lowest BCUT2D eigenvalue weighted by Gasteiger charge is -2.17. The molecule has 18 heavy (non-hydrogen) atoms. The van der Waals surface area contributed by atoms with Crippen LogP contribution in [0.5, 0.6) is 0 Å². The van der Waals surface area contributed by atoms with Gasteiger partial charge in [0.15, 0.2) is 0 Å². The zero-order valence-electron chi connectivity index (χ0n) is 10.3. The third-order valence-electron chi connectivity index (χ3n) is 2.92. The molecule has 2 rings (SSSR count). The molecular formula is C11H17N5O2. The fourth-order valence-electron chi connectivity index (χ4n) is 1.93. The normalized spacial score (nSPS) is 18.8. The van der Waals surface area contributed by atoms with Gasteiger partial charge in [0.25, 0.3) is 0 Å². The quantitative estimate of drug-likeness (QED) is 0.777. The number of nitrogens with one attached hydrogen (secondary N) is 1. The van der Waals surface area contributed by atoms with Crippen LogP contribution >= 0.6 is 0 Å². The van der Waals surface area contributed by atoms with Crippen LogP contribution in [0.15, 0.2) is 12.4 Å². The van der Waals surface area contributed by atoms with Crippen molar-refractivity contribution in [2.24, 2.45) is 5.73 Å². The Labute approximate surface area is 105 Å². The summed E-state index contributed by atoms with van der Waals surface area (Å²) < 4.78 is 4.57. The molecule has 0 radical (unpaired) electrons. The molecule has 7 nitrogen and oxygen atoms in total. The molecule has 0 bridgehead atoms. The highest BCUT2D eigenvalue weighted by Gasteiger charge is 2.25. The van der Waals surface area contributed by atoms with E-state index in [0.29, 0.717) is 13.1 Å². The molecule has 1 unspecified atom stereocenters. The molecule has 1 saturated heterocycles. The number of ether oxygens (including phenoxy) is 1. The second-order valence-corrected chi connectivity index (χ2v) is 4.14. The van der Waals surface area contributed by atoms with E-state index in [1.807, 2.05) is 0 Å². The minimum Gasteiger partial charge on any atom is -0.453 e. The van der Waals surface area contributed by atoms with Gasteiger partial charge in [-0.25, -0.2) is 9.78 Å². The van der Waals surface area contributed by atoms with Crippen molar-refractivity contribution in [2.45, 2.75) is 19.0 Å². The van der Waals surface area contributed by atoms with Crippen molar-refractivity contribution in [3.05, 3.63) is 18.1 Å². The second-order valence-electron chi connectivity index (χ2n) is 4.14. The SMILES string of the molecule is COC(=O)NC1CCN(c2cnc(CN)cn2)C1. The Kier molecular flexibility index (Phi) is 3.93. The Morgan fingerprint density at radius 3 is 3.06 bits per heavy atom. The molecular weight excluding hydrogens is 234 g/mol. The molecule has 1 fully saturated rings. The molecule has 0 aromatic carbocycles. The first-order valence-corrected chi connectivity index (χ1v) is 5.83. The van der Waals surface area contributed by atoms with Gasteiger partial charge in [-0.05, 0) is 6.42 Å². The van der Waals surface area contributed by atoms with Crippen LogP contribution in [-0.4, -0.2) is 42.3 Å². The van der Waals surface area contributed by atoms with Crippen molar-refractivity contribution >= 4 is 11.9 Å². The van der Waals surface area contributed by atoms with Gasteiger partial charge < -0.3 is 20.7 Å². The van der Waals surface area contributed by atoms with E-state index in [1.165, 1.54) is 7.11 Å². The maximum absolute atomic E-state index is 11.1. The smallest absolute Gasteiger partial charge is 0.407 e. The average molecular weight is 251 g/mol. The first-order chi connectivity index (χ1) is 8.72. The predicted molar refractivity (Wildman–Crippen MR) is 66.1 cm³/mol. The molecule has 1 aliphatic rings. The minimum absolute atomic E-state index is 0.0911. The molecule has 1 aromatic rings. The summed E-state index contributed by atoms with van der Waals surface area (Å²) in [5, 5.41) is 2.78. The Hall–Kier alpha value is -1.89. The number of carbonyl (C=O) groups excluding carboxylic acids is 1. The van der Waals surface area contributed by atoms with Crippen LogP contribution in [0.2, 0.25) is 0 Å². The van der Waals surface area contributed by atoms with Crippen molar-refractivity contribution in [1.82, 2.24) is 15.3 Å². The third kappa shape index (κ3) is 2.86. The van der Waals surface area contributed by atoms with Crippen LogP contribution < -0.4 is 16.0 Å². The molecule has 1 amide bonds. The summed E-state index contributed by atoms with van der Waals surface area (Å²) in [6, 6.07) is 0.0911. The lowest BCUT2D eigenvalue weighted by atomic mass is 10.3. The van der Waals surface area contributed by atoms with Crippen LogP contribution in [0.25, 0.3) is 0 Å². The molecule has 7 heteroatoms. The minimum atomic E-state index is -0.397. The summed E-state index contributed by atoms with van der Waals surface area (Å²) in [6.45, 7) is 1.94. The van der Waals surface area contributed by atoms with Crippen molar-refractivity contribution in [3.8, 4) is 0 Å². The Bertz CT molecular complexity index is 408. The fourth-order valence-corrected chi connectivity index (χ4v) is 1.93. The summed E-state index contributed by atoms with van der Waals surface area (Å²) >= 11 is 0. The Morgan fingerprint density at radius 2 is 2.44 bits per heavy atom. The standard InChI is InChI=1S/C11H17N5O2/c1-18-11(17)15-8-2-3-16(7-8)10-6-13-9(4-12)5-14-10/h5-6,8H,2-4,7,12H2,1H3,(H,15,17). The number of nitrogens with zero attached hydrogens (tertiary/aromatic N) is 3. The molecule has 1 aliphatic heterocycles. The molecule has 1 atom stereocenters. The highest BCUT2D eigenvalue weighted by atomic mass is 16.5. The van der Waals surface area contributed by atoms with E-state index < -0.39 is 6.09 Å². The number of methoxy groups -OCH3 is 1. The topological polar surface area (TPSA) is 93.4 Å². The number of aromatic nitrogens is 2. The molecule has 0 aliphatic carbocycles. The van der Waals surface area contributed by atoms with Gasteiger partial charge >= 0.3 is 6.09 Å². The number of hydrogen-bond donors (Lipinski definition) is 2. The van der Waals surface area contributed by atoms with Gasteiger partial charge in [0, 0.05) is 19.6 Å². The number of nitrogens with two attached hydrogens (primary N) is 1. The van der Waals surface area contributed by atoms with Crippen molar-refractivity contribution in [1.29, 1.82) is 0 Å². The summed E-state index contributed by atoms with van der Waals surface area (Å²) in [5.41, 5.74) is 6.23. The third-order valence-corrected chi connectivity index (χ3v) is 2.92. The van der Waals surface area contributed by atoms with Crippen molar-refractivity contribution < 1.29 is 9.53 Å². The molecule has 3 N–H and O–H groups in total. The molecule has 1 aromatic heterocycles. The van der Waals surface area contributed by atoms with Crippen molar-refractivity contribution in [3.63, 3.8) is 0 Å². The van der Waals surface area contributed by atoms with Crippen LogP contribution in [0.3, 0.4) is 0 Å². The van der Waals surface area contributed by atoms with Crippen LogP contribution in [-0.2, 0) is 11.3 Å². The summed E-state index contributed by atoms with van der Waals surface area (Å²) in [7, 11) is 1.36. The first kappa shape index (κ1) is 12.6. The van der Waals surface area contributed by atoms with Gasteiger partial charge in [-0.1, -0.05) is 0 Å². The largest absolute Gasteiger partial charge is 0.453 e. The highest BCUT2D eigenvalue weighted by molar-refractivity contribution is 5.67. The van der Waals surface area contributed by atoms with E-state index >= 15 is 0 Å². The zero-order chi connectivity index (χ0) is 13.0. The second kappa shape index (κ2) is 5.63. The van der Waals surface area contributed by atoms with Crippen LogP contribution in [0, 0.1) is 0 Å². The van der Waals surface area contributed by atoms with Crippen LogP contribution in [0.4, 0.5) is 10.6 Å². The zero-order valence-corrected chi connectivity index (χ0v) is 10.3. The van der Waals surface area contributed by atoms with Gasteiger partial charge in [0.05, 0.1) is 31.2 Å². The number of alkyl carbamates (subject to hydrolysis) is 1. The Balaban J connectivity index is 1.93. The summed E-state index contributed by atoms with van der Waals surface area (Å²) in [5.74, 6) is 0.807. The Morgan fingerprint density at radius 1 is 1.61 bits per heavy atom. The summed E-state index contributed by atoms with van der Waals surface area (Å²) in [4.78, 5) is 21.7. The maximum Gasteiger partial charge on any atom is 0.407 e. The number of anilines is 1. The number of carbonyl (C=O) groups is 1. The lowest BCUT2D eigenvalue weighted by Crippen LogP contribution is -2.37. The molecule has 0 spiro atoms. The van der Waals surface area contributed by atoms with Gasteiger partial charge in [-0.15, -0.1) is 0 Å². The van der Waals surface area contributed by atoms with E-state index in [0.717, 1.165) is 24.5 Å². The maximum atomic E-state index is 11.1. The first-order valence-electron chi connectivity index (χ1n) is 5.83. The predicted octanol–water partition coefficient (Wildman–Crippen LogP) is -0.130. The van der Waals surface area contributed by atoms with Crippen LogP contribution in [0.1, 0.15) is 12.1 Å². The average Bonchev–Trinajstić information content (AvgIpc) is 2.87. The number of hydrogen-bond acceptors (Lipinski definition) is 6. The van der Waals surface area contributed by atoms with E-state index in [4.69, 9.17) is 5.73 Å². The van der Waals surface area contributed by atoms with E-state index in [-0.39, 0.29) is 6.04 Å². The van der Waals surface area contributed by atoms with E-state index in [1.54, 1.807) is 12.4 Å². The van der Waals surface area contributed by atoms with E-state index in [9.17, 15) is 4.79 Å². The number of rotatable bonds is 3. The number of amides is 1. The highest BCUT2D eigenvalue weighted by Crippen LogP contribution is 2.17. The molecule has 2 heterocycles. The van der Waals surface area contributed by atoms with Gasteiger partial charge in [0.1, 0.15) is 5.82 Å². The van der Waals surface area contributed by atoms with Gasteiger partial charge in [-0.2, -0.15) is 0 Å². The van der Waals surface area contributed by atoms with Gasteiger partial charge in [-0.3, -0.25) is 4.98 Å². The van der Waals surface area contributed by atoms with E-state index in [2.05, 4.69) is 24.9 Å². The van der Waals surface area contributed by atoms with Crippen molar-refractivity contribution in [2.75, 3.05) is 25.1 Å². The summed E-state index contributed by atoms with van der Waals surface area (Å²) in [6.07, 6.45) is 3.86. The fraction of sp³-hybridized carbons (Fsp3) is 0.545. The monoisotopic (exact) mass is 251 g/mol. The molecule has 0 saturated carbocycles. The molecule has 98 valence electrons. The van der Waals surface area contributed by atoms with Gasteiger partial charge in [0.2, 0.25) is 0 Å².